The van der Waals surface area contributed by atoms with Gasteiger partial charge in [0.05, 0.1) is 21.2 Å². The first-order valence-electron chi connectivity index (χ1n) is 26.0. The first-order valence-corrected chi connectivity index (χ1v) is 29.1. The standard InChI is InChI=1S/C66H50N4O2S3/c1-3-5-33-69-55-25-9-7-17-47(55)51-35-41(27-29-57(51)69)45-19-15-21-49-63-59(73-65(45)49)37-43(53-23-11-13-31-67-53)39-61(63)75(71,72)62-40-44(54-24-12-14-32-68-54)38-60-64(62)50-22-16-20-46(66(50)74-60)42-28-30-58-52(36-42)48-18-8-10-26-56(48)70(58)34-6-4-2/h7-32,35-40H,3-6,33-34H2,1-2H3. The second-order valence-electron chi connectivity index (χ2n) is 19.7. The number of benzene rings is 8. The fourth-order valence-electron chi connectivity index (χ4n) is 11.7. The molecule has 6 nitrogen and oxygen atoms in total. The summed E-state index contributed by atoms with van der Waals surface area (Å²) in [5, 5.41) is 8.17. The van der Waals surface area contributed by atoms with Crippen LogP contribution in [-0.2, 0) is 22.9 Å². The Balaban J connectivity index is 1.00. The fraction of sp³-hybridized carbons (Fsp3) is 0.121. The molecule has 0 aliphatic carbocycles. The summed E-state index contributed by atoms with van der Waals surface area (Å²) >= 11 is 3.30. The molecular formula is C66H50N4O2S3. The molecule has 14 aromatic rings. The Morgan fingerprint density at radius 3 is 1.28 bits per heavy atom. The Bertz CT molecular complexity index is 4410. The lowest BCUT2D eigenvalue weighted by Gasteiger charge is -2.13. The Morgan fingerprint density at radius 1 is 0.413 bits per heavy atom. The van der Waals surface area contributed by atoms with Crippen molar-refractivity contribution in [2.45, 2.75) is 62.4 Å². The van der Waals surface area contributed by atoms with E-state index in [4.69, 9.17) is 9.97 Å². The molecule has 0 N–H and O–H groups in total. The summed E-state index contributed by atoms with van der Waals surface area (Å²) in [6.07, 6.45) is 7.99. The van der Waals surface area contributed by atoms with E-state index in [1.54, 1.807) is 35.1 Å². The van der Waals surface area contributed by atoms with Crippen molar-refractivity contribution in [2.75, 3.05) is 0 Å². The highest BCUT2D eigenvalue weighted by atomic mass is 32.2. The van der Waals surface area contributed by atoms with Gasteiger partial charge in [0.1, 0.15) is 0 Å². The maximum atomic E-state index is 16.5. The van der Waals surface area contributed by atoms with E-state index >= 15 is 8.42 Å². The molecule has 0 atom stereocenters. The Hall–Kier alpha value is -7.95. The molecule has 0 aliphatic rings. The summed E-state index contributed by atoms with van der Waals surface area (Å²) < 4.78 is 41.7. The molecular weight excluding hydrogens is 977 g/mol. The van der Waals surface area contributed by atoms with Crippen molar-refractivity contribution in [3.05, 3.63) is 194 Å². The largest absolute Gasteiger partial charge is 0.340 e. The zero-order valence-corrected chi connectivity index (χ0v) is 44.0. The van der Waals surface area contributed by atoms with Crippen LogP contribution in [-0.4, -0.2) is 27.5 Å². The molecule has 9 heteroatoms. The van der Waals surface area contributed by atoms with Gasteiger partial charge in [0.2, 0.25) is 9.84 Å². The maximum Gasteiger partial charge on any atom is 0.207 e. The number of hydrogen-bond acceptors (Lipinski definition) is 6. The summed E-state index contributed by atoms with van der Waals surface area (Å²) in [5.41, 5.74) is 12.2. The molecule has 0 amide bonds. The number of hydrogen-bond donors (Lipinski definition) is 0. The molecule has 0 bridgehead atoms. The van der Waals surface area contributed by atoms with Crippen LogP contribution in [0.3, 0.4) is 0 Å². The maximum absolute atomic E-state index is 16.5. The quantitative estimate of drug-likeness (QED) is 0.122. The number of aryl methyl sites for hydroxylation is 2. The van der Waals surface area contributed by atoms with Gasteiger partial charge in [-0.25, -0.2) is 8.42 Å². The topological polar surface area (TPSA) is 69.8 Å². The number of unbranched alkanes of at least 4 members (excludes halogenated alkanes) is 2. The summed E-state index contributed by atoms with van der Waals surface area (Å²) in [5.74, 6) is 0. The second-order valence-corrected chi connectivity index (χ2v) is 23.7. The summed E-state index contributed by atoms with van der Waals surface area (Å²) in [6.45, 7) is 6.40. The Morgan fingerprint density at radius 2 is 0.840 bits per heavy atom. The molecule has 364 valence electrons. The van der Waals surface area contributed by atoms with Crippen molar-refractivity contribution in [1.29, 1.82) is 0 Å². The highest BCUT2D eigenvalue weighted by molar-refractivity contribution is 7.92. The number of rotatable bonds is 12. The SMILES string of the molecule is CCCCn1c2ccccc2c2cc(-c3cccc4c3sc3cc(-c5ccccn5)cc(S(=O)(=O)c5cc(-c6ccccn6)cc6sc7c(-c8ccc9c(c8)c8ccccc8n9CCCC)cccc7c56)c34)ccc21. The number of aromatic nitrogens is 4. The van der Waals surface area contributed by atoms with Gasteiger partial charge in [0.25, 0.3) is 0 Å². The molecule has 75 heavy (non-hydrogen) atoms. The molecule has 0 aliphatic heterocycles. The van der Waals surface area contributed by atoms with Gasteiger partial charge in [-0.1, -0.05) is 124 Å². The summed E-state index contributed by atoms with van der Waals surface area (Å²) in [6, 6.07) is 63.4. The normalized spacial score (nSPS) is 12.3. The van der Waals surface area contributed by atoms with Crippen molar-refractivity contribution in [2.24, 2.45) is 0 Å². The lowest BCUT2D eigenvalue weighted by molar-refractivity contribution is 0.598. The third-order valence-electron chi connectivity index (χ3n) is 15.3. The zero-order valence-electron chi connectivity index (χ0n) is 41.5. The van der Waals surface area contributed by atoms with Crippen molar-refractivity contribution in [3.8, 4) is 44.8 Å². The minimum Gasteiger partial charge on any atom is -0.340 e. The van der Waals surface area contributed by atoms with Gasteiger partial charge in [-0.15, -0.1) is 22.7 Å². The average Bonchev–Trinajstić information content (AvgIpc) is 4.28. The van der Waals surface area contributed by atoms with Crippen LogP contribution in [0.2, 0.25) is 0 Å². The molecule has 6 aromatic heterocycles. The van der Waals surface area contributed by atoms with Crippen LogP contribution in [0.4, 0.5) is 0 Å². The molecule has 0 saturated heterocycles. The van der Waals surface area contributed by atoms with E-state index in [-0.39, 0.29) is 9.79 Å². The van der Waals surface area contributed by atoms with E-state index in [0.29, 0.717) is 11.4 Å². The van der Waals surface area contributed by atoms with Gasteiger partial charge in [-0.05, 0) is 120 Å². The Labute approximate surface area is 442 Å². The third-order valence-corrected chi connectivity index (χ3v) is 19.4. The van der Waals surface area contributed by atoms with Crippen LogP contribution in [0.25, 0.3) is 129 Å². The van der Waals surface area contributed by atoms with Crippen molar-refractivity contribution >= 4 is 116 Å². The predicted molar refractivity (Wildman–Crippen MR) is 317 cm³/mol. The number of thiophene rings is 2. The second kappa shape index (κ2) is 18.2. The van der Waals surface area contributed by atoms with Crippen molar-refractivity contribution in [3.63, 3.8) is 0 Å². The Kier molecular flexibility index (Phi) is 11.1. The number of fused-ring (bicyclic) bond motifs is 12. The highest BCUT2D eigenvalue weighted by Gasteiger charge is 2.30. The molecule has 0 saturated carbocycles. The first kappa shape index (κ1) is 45.6. The van der Waals surface area contributed by atoms with Crippen molar-refractivity contribution in [1.82, 2.24) is 19.1 Å². The monoisotopic (exact) mass is 1030 g/mol. The molecule has 0 unspecified atom stereocenters. The first-order chi connectivity index (χ1) is 36.9. The minimum absolute atomic E-state index is 0.262. The highest BCUT2D eigenvalue weighted by Crippen LogP contribution is 2.50. The van der Waals surface area contributed by atoms with Crippen LogP contribution in [0.15, 0.2) is 204 Å². The van der Waals surface area contributed by atoms with E-state index in [9.17, 15) is 0 Å². The van der Waals surface area contributed by atoms with Gasteiger partial charge in [0.15, 0.2) is 0 Å². The molecule has 14 rings (SSSR count). The van der Waals surface area contributed by atoms with E-state index in [2.05, 4.69) is 156 Å². The lowest BCUT2D eigenvalue weighted by Crippen LogP contribution is -2.04. The van der Waals surface area contributed by atoms with Gasteiger partial charge in [-0.2, -0.15) is 0 Å². The summed E-state index contributed by atoms with van der Waals surface area (Å²) in [7, 11) is -4.29. The van der Waals surface area contributed by atoms with Gasteiger partial charge in [0, 0.05) is 121 Å². The van der Waals surface area contributed by atoms with Crippen LogP contribution in [0, 0.1) is 0 Å². The third kappa shape index (κ3) is 7.35. The molecule has 0 fully saturated rings. The van der Waals surface area contributed by atoms with Crippen LogP contribution >= 0.6 is 22.7 Å². The molecule has 0 spiro atoms. The smallest absolute Gasteiger partial charge is 0.207 e. The van der Waals surface area contributed by atoms with Crippen molar-refractivity contribution < 1.29 is 8.42 Å². The van der Waals surface area contributed by atoms with Gasteiger partial charge in [-0.3, -0.25) is 9.97 Å². The minimum atomic E-state index is -4.29. The predicted octanol–water partition coefficient (Wildman–Crippen LogP) is 18.5. The van der Waals surface area contributed by atoms with E-state index in [0.717, 1.165) is 112 Å². The van der Waals surface area contributed by atoms with E-state index in [1.807, 2.05) is 48.5 Å². The number of pyridine rings is 2. The number of nitrogens with zero attached hydrogens (tertiary/aromatic N) is 4. The number of sulfone groups is 1. The molecule has 8 aromatic carbocycles. The van der Waals surface area contributed by atoms with Crippen LogP contribution in [0.1, 0.15) is 39.5 Å². The van der Waals surface area contributed by atoms with Crippen LogP contribution < -0.4 is 0 Å². The number of para-hydroxylation sites is 2. The van der Waals surface area contributed by atoms with Gasteiger partial charge < -0.3 is 9.13 Å². The zero-order chi connectivity index (χ0) is 50.4. The molecule has 0 radical (unpaired) electrons. The lowest BCUT2D eigenvalue weighted by atomic mass is 10.00. The molecule has 6 heterocycles. The summed E-state index contributed by atoms with van der Waals surface area (Å²) in [4.78, 5) is 10.1. The van der Waals surface area contributed by atoms with E-state index < -0.39 is 9.84 Å². The van der Waals surface area contributed by atoms with E-state index in [1.165, 1.54) is 43.6 Å². The van der Waals surface area contributed by atoms with Crippen LogP contribution in [0.5, 0.6) is 0 Å². The fourth-order valence-corrected chi connectivity index (χ4v) is 16.2. The van der Waals surface area contributed by atoms with Gasteiger partial charge >= 0.3 is 0 Å². The average molecular weight is 1030 g/mol.